The van der Waals surface area contributed by atoms with Crippen molar-refractivity contribution in [2.24, 2.45) is 5.73 Å². The summed E-state index contributed by atoms with van der Waals surface area (Å²) >= 11 is 0. The van der Waals surface area contributed by atoms with Gasteiger partial charge in [0.15, 0.2) is 0 Å². The van der Waals surface area contributed by atoms with Crippen LogP contribution in [0.1, 0.15) is 122 Å². The molecule has 0 aliphatic carbocycles. The normalized spacial score (nSPS) is 12.1. The summed E-state index contributed by atoms with van der Waals surface area (Å²) in [6.45, 7) is 5.18. The topological polar surface area (TPSA) is 108 Å². The van der Waals surface area contributed by atoms with Crippen LogP contribution in [0.5, 0.6) is 0 Å². The zero-order valence-electron chi connectivity index (χ0n) is 20.7. The highest BCUT2D eigenvalue weighted by atomic mass is 16.5. The second-order valence-electron chi connectivity index (χ2n) is 8.89. The van der Waals surface area contributed by atoms with Gasteiger partial charge in [-0.05, 0) is 23.8 Å². The summed E-state index contributed by atoms with van der Waals surface area (Å²) < 4.78 is 6.84. The largest absolute Gasteiger partial charge is 0.447 e. The summed E-state index contributed by atoms with van der Waals surface area (Å²) in [4.78, 5) is 11.8. The quantitative estimate of drug-likeness (QED) is 0.239. The molecule has 186 valence electrons. The second kappa shape index (κ2) is 19.9. The van der Waals surface area contributed by atoms with E-state index in [4.69, 9.17) is 10.5 Å². The van der Waals surface area contributed by atoms with Crippen LogP contribution in [-0.4, -0.2) is 46.0 Å². The number of hydrogen-bond acceptors (Lipinski definition) is 6. The molecule has 0 bridgehead atoms. The Hall–Kier alpha value is -1.70. The van der Waals surface area contributed by atoms with E-state index in [0.717, 1.165) is 12.8 Å². The molecule has 1 aromatic rings. The van der Waals surface area contributed by atoms with Gasteiger partial charge < -0.3 is 15.8 Å². The molecule has 8 heteroatoms. The lowest BCUT2D eigenvalue weighted by atomic mass is 10.0. The smallest absolute Gasteiger partial charge is 0.407 e. The summed E-state index contributed by atoms with van der Waals surface area (Å²) in [5.74, 6) is 0.651. The molecule has 0 spiro atoms. The first-order valence-corrected chi connectivity index (χ1v) is 13.0. The third kappa shape index (κ3) is 14.4. The number of aromatic nitrogens is 4. The van der Waals surface area contributed by atoms with Gasteiger partial charge in [-0.25, -0.2) is 9.48 Å². The van der Waals surface area contributed by atoms with E-state index in [1.807, 2.05) is 0 Å². The molecule has 0 saturated heterocycles. The monoisotopic (exact) mass is 452 g/mol. The minimum Gasteiger partial charge on any atom is -0.447 e. The summed E-state index contributed by atoms with van der Waals surface area (Å²) in [5.41, 5.74) is 5.74. The van der Waals surface area contributed by atoms with Crippen molar-refractivity contribution in [3.8, 4) is 0 Å². The fourth-order valence-corrected chi connectivity index (χ4v) is 3.90. The van der Waals surface area contributed by atoms with Gasteiger partial charge in [0.05, 0.1) is 0 Å². The van der Waals surface area contributed by atoms with Crippen molar-refractivity contribution < 1.29 is 9.53 Å². The number of ether oxygens (including phenoxy) is 1. The van der Waals surface area contributed by atoms with Crippen molar-refractivity contribution in [2.75, 3.05) is 19.7 Å². The van der Waals surface area contributed by atoms with Crippen LogP contribution in [0.25, 0.3) is 0 Å². The molecule has 1 aromatic heterocycles. The first-order valence-electron chi connectivity index (χ1n) is 13.0. The molecule has 32 heavy (non-hydrogen) atoms. The van der Waals surface area contributed by atoms with Crippen LogP contribution in [0.4, 0.5) is 4.79 Å². The number of aryl methyl sites for hydroxylation is 1. The van der Waals surface area contributed by atoms with Crippen molar-refractivity contribution in [3.63, 3.8) is 0 Å². The molecule has 0 saturated carbocycles. The molecular formula is C24H48N6O2. The molecule has 0 aliphatic heterocycles. The number of rotatable bonds is 21. The molecular weight excluding hydrogens is 404 g/mol. The number of carbonyl (C=O) groups is 1. The Morgan fingerprint density at radius 2 is 1.41 bits per heavy atom. The molecule has 1 rings (SSSR count). The number of amides is 1. The molecule has 1 atom stereocenters. The lowest BCUT2D eigenvalue weighted by Gasteiger charge is -2.15. The first-order chi connectivity index (χ1) is 15.7. The molecule has 1 heterocycles. The Morgan fingerprint density at radius 3 is 1.84 bits per heavy atom. The molecule has 8 nitrogen and oxygen atoms in total. The van der Waals surface area contributed by atoms with Crippen LogP contribution in [-0.2, 0) is 4.74 Å². The van der Waals surface area contributed by atoms with Gasteiger partial charge in [-0.15, -0.1) is 5.10 Å². The van der Waals surface area contributed by atoms with E-state index in [9.17, 15) is 4.79 Å². The summed E-state index contributed by atoms with van der Waals surface area (Å²) in [6, 6.07) is -0.244. The maximum atomic E-state index is 11.8. The first kappa shape index (κ1) is 28.3. The van der Waals surface area contributed by atoms with E-state index in [1.165, 1.54) is 89.9 Å². The maximum absolute atomic E-state index is 11.8. The minimum atomic E-state index is -0.407. The highest BCUT2D eigenvalue weighted by Crippen LogP contribution is 2.13. The number of nitrogens with zero attached hydrogens (tertiary/aromatic N) is 4. The van der Waals surface area contributed by atoms with Crippen molar-refractivity contribution in [3.05, 3.63) is 5.82 Å². The van der Waals surface area contributed by atoms with Crippen molar-refractivity contribution in [1.82, 2.24) is 25.5 Å². The van der Waals surface area contributed by atoms with Crippen LogP contribution in [0, 0.1) is 6.92 Å². The van der Waals surface area contributed by atoms with Crippen molar-refractivity contribution >= 4 is 6.09 Å². The van der Waals surface area contributed by atoms with Gasteiger partial charge in [0.1, 0.15) is 18.5 Å². The number of nitrogens with one attached hydrogen (secondary N) is 1. The number of unbranched alkanes of at least 4 members (excludes halogenated alkanes) is 15. The Labute approximate surface area is 195 Å². The summed E-state index contributed by atoms with van der Waals surface area (Å²) in [5, 5.41) is 14.1. The second-order valence-corrected chi connectivity index (χ2v) is 8.89. The molecule has 0 aromatic carbocycles. The number of alkyl carbamates (subject to hydrolysis) is 1. The van der Waals surface area contributed by atoms with Crippen LogP contribution in [0.2, 0.25) is 0 Å². The van der Waals surface area contributed by atoms with Crippen LogP contribution in [0.3, 0.4) is 0 Å². The minimum absolute atomic E-state index is 0.160. The lowest BCUT2D eigenvalue weighted by molar-refractivity contribution is 0.126. The zero-order valence-corrected chi connectivity index (χ0v) is 20.7. The maximum Gasteiger partial charge on any atom is 0.407 e. The Kier molecular flexibility index (Phi) is 17.7. The van der Waals surface area contributed by atoms with Gasteiger partial charge in [-0.3, -0.25) is 0 Å². The van der Waals surface area contributed by atoms with E-state index < -0.39 is 6.09 Å². The number of hydrogen-bond donors (Lipinski definition) is 2. The van der Waals surface area contributed by atoms with Gasteiger partial charge in [0, 0.05) is 13.1 Å². The fraction of sp³-hybridized carbons (Fsp3) is 0.917. The van der Waals surface area contributed by atoms with E-state index in [2.05, 4.69) is 27.8 Å². The molecule has 0 aliphatic rings. The van der Waals surface area contributed by atoms with E-state index in [1.54, 1.807) is 11.6 Å². The SMILES string of the molecule is CCCCCCCCCCCCCCCCCCNC(=O)OCC(CN)n1nnnc1C. The van der Waals surface area contributed by atoms with Crippen LogP contribution >= 0.6 is 0 Å². The number of carbonyl (C=O) groups excluding carboxylic acids is 1. The predicted molar refractivity (Wildman–Crippen MR) is 130 cm³/mol. The third-order valence-electron chi connectivity index (χ3n) is 5.98. The summed E-state index contributed by atoms with van der Waals surface area (Å²) in [6.07, 6.45) is 21.0. The molecule has 0 fully saturated rings. The molecule has 3 N–H and O–H groups in total. The van der Waals surface area contributed by atoms with Crippen LogP contribution < -0.4 is 11.1 Å². The van der Waals surface area contributed by atoms with E-state index in [0.29, 0.717) is 18.9 Å². The van der Waals surface area contributed by atoms with E-state index in [-0.39, 0.29) is 12.6 Å². The third-order valence-corrected chi connectivity index (χ3v) is 5.98. The van der Waals surface area contributed by atoms with Gasteiger partial charge in [-0.2, -0.15) is 0 Å². The average Bonchev–Trinajstić information content (AvgIpc) is 3.22. The van der Waals surface area contributed by atoms with Gasteiger partial charge in [0.25, 0.3) is 0 Å². The Balaban J connectivity index is 1.84. The van der Waals surface area contributed by atoms with Crippen LogP contribution in [0.15, 0.2) is 0 Å². The highest BCUT2D eigenvalue weighted by molar-refractivity contribution is 5.67. The number of tetrazole rings is 1. The van der Waals surface area contributed by atoms with Gasteiger partial charge in [0.2, 0.25) is 0 Å². The average molecular weight is 453 g/mol. The highest BCUT2D eigenvalue weighted by Gasteiger charge is 2.15. The molecule has 0 radical (unpaired) electrons. The molecule has 1 unspecified atom stereocenters. The Morgan fingerprint density at radius 1 is 0.906 bits per heavy atom. The summed E-state index contributed by atoms with van der Waals surface area (Å²) in [7, 11) is 0. The molecule has 1 amide bonds. The zero-order chi connectivity index (χ0) is 23.3. The van der Waals surface area contributed by atoms with E-state index >= 15 is 0 Å². The van der Waals surface area contributed by atoms with Gasteiger partial charge in [-0.1, -0.05) is 103 Å². The lowest BCUT2D eigenvalue weighted by Crippen LogP contribution is -2.31. The van der Waals surface area contributed by atoms with Crippen molar-refractivity contribution in [2.45, 2.75) is 123 Å². The number of nitrogens with two attached hydrogens (primary N) is 1. The standard InChI is InChI=1S/C24H48N6O2/c1-3-4-5-6-7-8-9-10-11-12-13-14-15-16-17-18-19-26-24(31)32-21-23(20-25)30-22(2)27-28-29-30/h23H,3-21,25H2,1-2H3,(H,26,31). The van der Waals surface area contributed by atoms with Gasteiger partial charge >= 0.3 is 6.09 Å². The van der Waals surface area contributed by atoms with Crippen molar-refractivity contribution in [1.29, 1.82) is 0 Å². The predicted octanol–water partition coefficient (Wildman–Crippen LogP) is 5.47. The fourth-order valence-electron chi connectivity index (χ4n) is 3.90. The Bertz CT molecular complexity index is 566.